The highest BCUT2D eigenvalue weighted by molar-refractivity contribution is 5.85. The van der Waals surface area contributed by atoms with Gasteiger partial charge < -0.3 is 10.2 Å². The standard InChI is InChI=1S/C30H36N6O2/c1-19-9-25(29(37)27(11-19)17-35-23(5)13-21(3)33-35)15-31-7-8-32-16-26-10-20(2)12-28(30(26)38)18-36-24(6)14-22(4)34-36/h9-16,37-38H,7-8,17-18H2,1-6H3. The maximum Gasteiger partial charge on any atom is 0.129 e. The molecule has 0 spiro atoms. The summed E-state index contributed by atoms with van der Waals surface area (Å²) in [5.41, 5.74) is 9.07. The first-order chi connectivity index (χ1) is 18.1. The largest absolute Gasteiger partial charge is 0.507 e. The van der Waals surface area contributed by atoms with Gasteiger partial charge in [-0.3, -0.25) is 19.3 Å². The fourth-order valence-electron chi connectivity index (χ4n) is 4.64. The smallest absolute Gasteiger partial charge is 0.129 e. The number of rotatable bonds is 9. The summed E-state index contributed by atoms with van der Waals surface area (Å²) in [6.45, 7) is 13.9. The van der Waals surface area contributed by atoms with E-state index in [2.05, 4.69) is 20.2 Å². The number of phenolic OH excluding ortho intramolecular Hbond substituents is 2. The lowest BCUT2D eigenvalue weighted by Gasteiger charge is -2.11. The van der Waals surface area contributed by atoms with Crippen molar-refractivity contribution >= 4 is 12.4 Å². The highest BCUT2D eigenvalue weighted by atomic mass is 16.3. The summed E-state index contributed by atoms with van der Waals surface area (Å²) in [5, 5.41) is 30.7. The van der Waals surface area contributed by atoms with Gasteiger partial charge in [-0.05, 0) is 76.9 Å². The van der Waals surface area contributed by atoms with E-state index in [0.717, 1.165) is 45.0 Å². The van der Waals surface area contributed by atoms with Crippen molar-refractivity contribution in [1.82, 2.24) is 19.6 Å². The minimum Gasteiger partial charge on any atom is -0.507 e. The number of hydrogen-bond acceptors (Lipinski definition) is 6. The Bertz CT molecular complexity index is 1400. The van der Waals surface area contributed by atoms with Crippen LogP contribution >= 0.6 is 0 Å². The number of benzene rings is 2. The van der Waals surface area contributed by atoms with Crippen LogP contribution in [0.15, 0.2) is 46.4 Å². The van der Waals surface area contributed by atoms with Crippen LogP contribution in [0.3, 0.4) is 0 Å². The summed E-state index contributed by atoms with van der Waals surface area (Å²) in [6, 6.07) is 11.8. The van der Waals surface area contributed by atoms with Crippen molar-refractivity contribution in [3.05, 3.63) is 92.6 Å². The Labute approximate surface area is 224 Å². The average Bonchev–Trinajstić information content (AvgIpc) is 3.34. The number of aliphatic imine (C=N–C) groups is 2. The third-order valence-corrected chi connectivity index (χ3v) is 6.39. The molecule has 0 saturated carbocycles. The van der Waals surface area contributed by atoms with Gasteiger partial charge in [-0.2, -0.15) is 10.2 Å². The lowest BCUT2D eigenvalue weighted by atomic mass is 10.0. The Morgan fingerprint density at radius 1 is 0.632 bits per heavy atom. The van der Waals surface area contributed by atoms with Crippen LogP contribution in [0.1, 0.15) is 56.2 Å². The van der Waals surface area contributed by atoms with Gasteiger partial charge >= 0.3 is 0 Å². The van der Waals surface area contributed by atoms with Crippen LogP contribution in [0.25, 0.3) is 0 Å². The van der Waals surface area contributed by atoms with Crippen LogP contribution in [0.4, 0.5) is 0 Å². The lowest BCUT2D eigenvalue weighted by Crippen LogP contribution is -2.05. The van der Waals surface area contributed by atoms with Crippen molar-refractivity contribution in [2.45, 2.75) is 54.6 Å². The molecule has 0 unspecified atom stereocenters. The average molecular weight is 513 g/mol. The quantitative estimate of drug-likeness (QED) is 0.244. The molecular formula is C30H36N6O2. The second-order valence-corrected chi connectivity index (χ2v) is 9.96. The minimum absolute atomic E-state index is 0.218. The predicted molar refractivity (Wildman–Crippen MR) is 152 cm³/mol. The van der Waals surface area contributed by atoms with Gasteiger partial charge in [0.05, 0.1) is 37.6 Å². The summed E-state index contributed by atoms with van der Waals surface area (Å²) >= 11 is 0. The van der Waals surface area contributed by atoms with Crippen molar-refractivity contribution in [3.63, 3.8) is 0 Å². The predicted octanol–water partition coefficient (Wildman–Crippen LogP) is 4.98. The molecule has 0 amide bonds. The first kappa shape index (κ1) is 26.9. The van der Waals surface area contributed by atoms with E-state index in [0.29, 0.717) is 37.3 Å². The van der Waals surface area contributed by atoms with Gasteiger partial charge in [0.1, 0.15) is 11.5 Å². The SMILES string of the molecule is Cc1cc(C=NCCN=Cc2cc(C)cc(Cn3nc(C)cc3C)c2O)c(O)c(Cn2nc(C)cc2C)c1. The Morgan fingerprint density at radius 2 is 1.03 bits per heavy atom. The second kappa shape index (κ2) is 11.5. The molecule has 0 radical (unpaired) electrons. The van der Waals surface area contributed by atoms with E-state index < -0.39 is 0 Å². The molecule has 4 rings (SSSR count). The topological polar surface area (TPSA) is 101 Å². The van der Waals surface area contributed by atoms with E-state index in [-0.39, 0.29) is 11.5 Å². The zero-order chi connectivity index (χ0) is 27.4. The van der Waals surface area contributed by atoms with Crippen LogP contribution < -0.4 is 0 Å². The normalized spacial score (nSPS) is 11.8. The third-order valence-electron chi connectivity index (χ3n) is 6.39. The van der Waals surface area contributed by atoms with E-state index in [1.165, 1.54) is 0 Å². The molecule has 0 saturated heterocycles. The van der Waals surface area contributed by atoms with Crippen molar-refractivity contribution in [1.29, 1.82) is 0 Å². The van der Waals surface area contributed by atoms with Gasteiger partial charge in [-0.25, -0.2) is 0 Å². The van der Waals surface area contributed by atoms with Crippen LogP contribution in [-0.4, -0.2) is 55.3 Å². The van der Waals surface area contributed by atoms with Gasteiger partial charge in [0.25, 0.3) is 0 Å². The first-order valence-electron chi connectivity index (χ1n) is 12.8. The van der Waals surface area contributed by atoms with Crippen molar-refractivity contribution in [2.75, 3.05) is 13.1 Å². The zero-order valence-electron chi connectivity index (χ0n) is 23.0. The summed E-state index contributed by atoms with van der Waals surface area (Å²) in [6.07, 6.45) is 3.39. The lowest BCUT2D eigenvalue weighted by molar-refractivity contribution is 0.461. The maximum atomic E-state index is 10.8. The second-order valence-electron chi connectivity index (χ2n) is 9.96. The van der Waals surface area contributed by atoms with Gasteiger partial charge in [0.15, 0.2) is 0 Å². The van der Waals surface area contributed by atoms with Crippen LogP contribution in [0, 0.1) is 41.5 Å². The molecule has 198 valence electrons. The van der Waals surface area contributed by atoms with Crippen LogP contribution in [-0.2, 0) is 13.1 Å². The van der Waals surface area contributed by atoms with Gasteiger partial charge in [-0.1, -0.05) is 12.1 Å². The van der Waals surface area contributed by atoms with Crippen molar-refractivity contribution < 1.29 is 10.2 Å². The van der Waals surface area contributed by atoms with Gasteiger partial charge in [-0.15, -0.1) is 0 Å². The van der Waals surface area contributed by atoms with Crippen LogP contribution in [0.5, 0.6) is 11.5 Å². The fraction of sp³-hybridized carbons (Fsp3) is 0.333. The Kier molecular flexibility index (Phi) is 8.10. The van der Waals surface area contributed by atoms with E-state index in [1.807, 2.05) is 87.3 Å². The summed E-state index contributed by atoms with van der Waals surface area (Å²) in [5.74, 6) is 0.436. The monoisotopic (exact) mass is 512 g/mol. The molecule has 0 aliphatic carbocycles. The van der Waals surface area contributed by atoms with Crippen LogP contribution in [0.2, 0.25) is 0 Å². The molecular weight excluding hydrogens is 476 g/mol. The summed E-state index contributed by atoms with van der Waals surface area (Å²) in [4.78, 5) is 8.95. The zero-order valence-corrected chi connectivity index (χ0v) is 23.0. The first-order valence-corrected chi connectivity index (χ1v) is 12.8. The van der Waals surface area contributed by atoms with E-state index in [1.54, 1.807) is 12.4 Å². The molecule has 0 atom stereocenters. The number of phenols is 2. The molecule has 0 fully saturated rings. The Balaban J connectivity index is 1.40. The number of hydrogen-bond donors (Lipinski definition) is 2. The fourth-order valence-corrected chi connectivity index (χ4v) is 4.64. The van der Waals surface area contributed by atoms with Gasteiger partial charge in [0, 0.05) is 46.1 Å². The molecule has 2 heterocycles. The third kappa shape index (κ3) is 6.37. The Morgan fingerprint density at radius 3 is 1.37 bits per heavy atom. The van der Waals surface area contributed by atoms with E-state index in [4.69, 9.17) is 0 Å². The van der Waals surface area contributed by atoms with Crippen molar-refractivity contribution in [2.24, 2.45) is 9.98 Å². The number of aromatic hydroxyl groups is 2. The van der Waals surface area contributed by atoms with E-state index in [9.17, 15) is 10.2 Å². The minimum atomic E-state index is 0.218. The summed E-state index contributed by atoms with van der Waals surface area (Å²) < 4.78 is 3.78. The van der Waals surface area contributed by atoms with Gasteiger partial charge in [0.2, 0.25) is 0 Å². The maximum absolute atomic E-state index is 10.8. The molecule has 2 aromatic carbocycles. The molecule has 4 aromatic rings. The Hall–Kier alpha value is -4.20. The molecule has 8 nitrogen and oxygen atoms in total. The molecule has 0 aliphatic heterocycles. The molecule has 0 bridgehead atoms. The molecule has 0 aliphatic rings. The number of nitrogens with zero attached hydrogens (tertiary/aromatic N) is 6. The number of aromatic nitrogens is 4. The molecule has 2 N–H and O–H groups in total. The highest BCUT2D eigenvalue weighted by Gasteiger charge is 2.12. The van der Waals surface area contributed by atoms with Crippen molar-refractivity contribution in [3.8, 4) is 11.5 Å². The molecule has 8 heteroatoms. The number of aryl methyl sites for hydroxylation is 6. The highest BCUT2D eigenvalue weighted by Crippen LogP contribution is 2.26. The molecule has 38 heavy (non-hydrogen) atoms. The molecule has 2 aromatic heterocycles. The summed E-state index contributed by atoms with van der Waals surface area (Å²) in [7, 11) is 0. The van der Waals surface area contributed by atoms with E-state index >= 15 is 0 Å².